The number of pyridine rings is 1. The Hall–Kier alpha value is -1.66. The van der Waals surface area contributed by atoms with Crippen molar-refractivity contribution < 1.29 is 14.6 Å². The van der Waals surface area contributed by atoms with Gasteiger partial charge in [0.05, 0.1) is 24.9 Å². The molecule has 0 aromatic carbocycles. The molecule has 2 N–H and O–H groups in total. The van der Waals surface area contributed by atoms with E-state index in [1.165, 1.54) is 0 Å². The fourth-order valence-corrected chi connectivity index (χ4v) is 2.15. The molecule has 0 radical (unpaired) electrons. The Morgan fingerprint density at radius 3 is 3.25 bits per heavy atom. The lowest BCUT2D eigenvalue weighted by atomic mass is 10.2. The minimum absolute atomic E-state index is 0.0709. The average molecular weight is 279 g/mol. The van der Waals surface area contributed by atoms with E-state index in [1.807, 2.05) is 0 Å². The first-order chi connectivity index (χ1) is 9.76. The van der Waals surface area contributed by atoms with Gasteiger partial charge in [0.1, 0.15) is 5.82 Å². The molecule has 0 spiro atoms. The van der Waals surface area contributed by atoms with Gasteiger partial charge in [-0.1, -0.05) is 6.92 Å². The second kappa shape index (κ2) is 7.21. The Kier molecular flexibility index (Phi) is 5.31. The van der Waals surface area contributed by atoms with Crippen LogP contribution in [0.2, 0.25) is 0 Å². The van der Waals surface area contributed by atoms with Crippen LogP contribution in [0.3, 0.4) is 0 Å². The predicted molar refractivity (Wildman–Crippen MR) is 75.7 cm³/mol. The highest BCUT2D eigenvalue weighted by molar-refractivity contribution is 5.98. The molecule has 1 atom stereocenters. The standard InChI is InChI=1S/C14H21N3O3/c1-2-5-15-13-12(4-3-6-16-13)14(19)17-7-8-20-11(9-17)10-18/h3-4,6,11,18H,2,5,7-10H2,1H3,(H,15,16). The van der Waals surface area contributed by atoms with E-state index in [9.17, 15) is 4.79 Å². The van der Waals surface area contributed by atoms with E-state index in [2.05, 4.69) is 17.2 Å². The number of hydrogen-bond acceptors (Lipinski definition) is 5. The van der Waals surface area contributed by atoms with Gasteiger partial charge < -0.3 is 20.1 Å². The van der Waals surface area contributed by atoms with Gasteiger partial charge in [0.25, 0.3) is 5.91 Å². The highest BCUT2D eigenvalue weighted by Crippen LogP contribution is 2.16. The summed E-state index contributed by atoms with van der Waals surface area (Å²) in [6.07, 6.45) is 2.34. The largest absolute Gasteiger partial charge is 0.394 e. The Morgan fingerprint density at radius 1 is 1.65 bits per heavy atom. The van der Waals surface area contributed by atoms with Gasteiger partial charge in [-0.25, -0.2) is 4.98 Å². The fraction of sp³-hybridized carbons (Fsp3) is 0.571. The van der Waals surface area contributed by atoms with E-state index in [0.717, 1.165) is 13.0 Å². The third kappa shape index (κ3) is 3.46. The van der Waals surface area contributed by atoms with Crippen LogP contribution < -0.4 is 5.32 Å². The molecule has 6 nitrogen and oxygen atoms in total. The first-order valence-electron chi connectivity index (χ1n) is 6.97. The maximum absolute atomic E-state index is 12.6. The minimum atomic E-state index is -0.295. The molecule has 1 aromatic rings. The molecule has 6 heteroatoms. The quantitative estimate of drug-likeness (QED) is 0.831. The number of aromatic nitrogens is 1. The Labute approximate surface area is 118 Å². The number of carbonyl (C=O) groups is 1. The van der Waals surface area contributed by atoms with E-state index < -0.39 is 0 Å². The summed E-state index contributed by atoms with van der Waals surface area (Å²) < 4.78 is 5.36. The third-order valence-electron chi connectivity index (χ3n) is 3.21. The first-order valence-corrected chi connectivity index (χ1v) is 6.97. The summed E-state index contributed by atoms with van der Waals surface area (Å²) in [6, 6.07) is 3.53. The maximum Gasteiger partial charge on any atom is 0.257 e. The molecule has 1 aromatic heterocycles. The van der Waals surface area contributed by atoms with E-state index in [0.29, 0.717) is 31.1 Å². The number of aliphatic hydroxyl groups is 1. The van der Waals surface area contributed by atoms with Crippen molar-refractivity contribution in [1.82, 2.24) is 9.88 Å². The topological polar surface area (TPSA) is 74.7 Å². The van der Waals surface area contributed by atoms with Crippen LogP contribution in [0.1, 0.15) is 23.7 Å². The van der Waals surface area contributed by atoms with E-state index in [-0.39, 0.29) is 18.6 Å². The van der Waals surface area contributed by atoms with Crippen LogP contribution in [-0.2, 0) is 4.74 Å². The lowest BCUT2D eigenvalue weighted by Gasteiger charge is -2.32. The lowest BCUT2D eigenvalue weighted by Crippen LogP contribution is -2.47. The van der Waals surface area contributed by atoms with Gasteiger partial charge in [0.2, 0.25) is 0 Å². The van der Waals surface area contributed by atoms with Crippen molar-refractivity contribution in [1.29, 1.82) is 0 Å². The molecule has 20 heavy (non-hydrogen) atoms. The molecule has 0 saturated carbocycles. The third-order valence-corrected chi connectivity index (χ3v) is 3.21. The van der Waals surface area contributed by atoms with Crippen LogP contribution >= 0.6 is 0 Å². The Balaban J connectivity index is 2.11. The van der Waals surface area contributed by atoms with Crippen molar-refractivity contribution in [2.24, 2.45) is 0 Å². The number of nitrogens with zero attached hydrogens (tertiary/aromatic N) is 2. The van der Waals surface area contributed by atoms with Gasteiger partial charge in [-0.2, -0.15) is 0 Å². The second-order valence-corrected chi connectivity index (χ2v) is 4.75. The molecular formula is C14H21N3O3. The summed E-state index contributed by atoms with van der Waals surface area (Å²) >= 11 is 0. The molecule has 1 fully saturated rings. The number of nitrogens with one attached hydrogen (secondary N) is 1. The van der Waals surface area contributed by atoms with Crippen molar-refractivity contribution in [3.8, 4) is 0 Å². The van der Waals surface area contributed by atoms with Crippen molar-refractivity contribution >= 4 is 11.7 Å². The molecule has 0 aliphatic carbocycles. The zero-order chi connectivity index (χ0) is 14.4. The van der Waals surface area contributed by atoms with E-state index >= 15 is 0 Å². The number of carbonyl (C=O) groups excluding carboxylic acids is 1. The number of anilines is 1. The molecule has 1 aliphatic heterocycles. The zero-order valence-electron chi connectivity index (χ0n) is 11.7. The number of morpholine rings is 1. The molecule has 1 saturated heterocycles. The molecule has 1 amide bonds. The van der Waals surface area contributed by atoms with Gasteiger partial charge in [0.15, 0.2) is 0 Å². The van der Waals surface area contributed by atoms with Crippen LogP contribution in [0.15, 0.2) is 18.3 Å². The highest BCUT2D eigenvalue weighted by Gasteiger charge is 2.26. The smallest absolute Gasteiger partial charge is 0.257 e. The summed E-state index contributed by atoms with van der Waals surface area (Å²) in [5.41, 5.74) is 0.569. The van der Waals surface area contributed by atoms with Crippen LogP contribution in [0, 0.1) is 0 Å². The number of amides is 1. The van der Waals surface area contributed by atoms with Gasteiger partial charge in [-0.05, 0) is 18.6 Å². The molecule has 2 heterocycles. The van der Waals surface area contributed by atoms with Gasteiger partial charge in [-0.3, -0.25) is 4.79 Å². The number of aliphatic hydroxyl groups excluding tert-OH is 1. The number of rotatable bonds is 5. The average Bonchev–Trinajstić information content (AvgIpc) is 2.52. The number of ether oxygens (including phenoxy) is 1. The molecular weight excluding hydrogens is 258 g/mol. The maximum atomic E-state index is 12.6. The Bertz CT molecular complexity index is 453. The second-order valence-electron chi connectivity index (χ2n) is 4.75. The van der Waals surface area contributed by atoms with Gasteiger partial charge in [0, 0.05) is 25.8 Å². The van der Waals surface area contributed by atoms with Gasteiger partial charge >= 0.3 is 0 Å². The molecule has 1 aliphatic rings. The summed E-state index contributed by atoms with van der Waals surface area (Å²) in [7, 11) is 0. The molecule has 2 rings (SSSR count). The summed E-state index contributed by atoms with van der Waals surface area (Å²) in [5, 5.41) is 12.3. The highest BCUT2D eigenvalue weighted by atomic mass is 16.5. The van der Waals surface area contributed by atoms with Gasteiger partial charge in [-0.15, -0.1) is 0 Å². The first kappa shape index (κ1) is 14.7. The molecule has 0 bridgehead atoms. The zero-order valence-corrected chi connectivity index (χ0v) is 11.7. The van der Waals surface area contributed by atoms with Crippen LogP contribution in [0.4, 0.5) is 5.82 Å². The Morgan fingerprint density at radius 2 is 2.50 bits per heavy atom. The predicted octanol–water partition coefficient (Wildman–Crippen LogP) is 0.737. The monoisotopic (exact) mass is 279 g/mol. The lowest BCUT2D eigenvalue weighted by molar-refractivity contribution is -0.0447. The van der Waals surface area contributed by atoms with Crippen LogP contribution in [-0.4, -0.2) is 59.8 Å². The SMILES string of the molecule is CCCNc1ncccc1C(=O)N1CCOC(CO)C1. The summed E-state index contributed by atoms with van der Waals surface area (Å²) in [6.45, 7) is 4.17. The van der Waals surface area contributed by atoms with E-state index in [4.69, 9.17) is 9.84 Å². The van der Waals surface area contributed by atoms with Crippen molar-refractivity contribution in [2.45, 2.75) is 19.4 Å². The van der Waals surface area contributed by atoms with Crippen LogP contribution in [0.25, 0.3) is 0 Å². The van der Waals surface area contributed by atoms with Crippen molar-refractivity contribution in [3.05, 3.63) is 23.9 Å². The summed E-state index contributed by atoms with van der Waals surface area (Å²) in [5.74, 6) is 0.546. The summed E-state index contributed by atoms with van der Waals surface area (Å²) in [4.78, 5) is 18.5. The van der Waals surface area contributed by atoms with Crippen molar-refractivity contribution in [3.63, 3.8) is 0 Å². The molecule has 1 unspecified atom stereocenters. The fourth-order valence-electron chi connectivity index (χ4n) is 2.15. The van der Waals surface area contributed by atoms with Crippen LogP contribution in [0.5, 0.6) is 0 Å². The molecule has 110 valence electrons. The van der Waals surface area contributed by atoms with Crippen molar-refractivity contribution in [2.75, 3.05) is 38.2 Å². The number of hydrogen-bond donors (Lipinski definition) is 2. The minimum Gasteiger partial charge on any atom is -0.394 e. The normalized spacial score (nSPS) is 18.9. The van der Waals surface area contributed by atoms with E-state index in [1.54, 1.807) is 23.2 Å².